The molecule has 0 amide bonds. The topological polar surface area (TPSA) is 58.4 Å². The van der Waals surface area contributed by atoms with Gasteiger partial charge in [-0.05, 0) is 25.1 Å². The maximum absolute atomic E-state index is 10.7. The summed E-state index contributed by atoms with van der Waals surface area (Å²) in [4.78, 5) is 12.6. The molecule has 18 heavy (non-hydrogen) atoms. The van der Waals surface area contributed by atoms with Crippen molar-refractivity contribution in [1.82, 2.24) is 10.2 Å². The summed E-state index contributed by atoms with van der Waals surface area (Å²) in [6.07, 6.45) is 1.15. The van der Waals surface area contributed by atoms with Gasteiger partial charge in [-0.25, -0.2) is 0 Å². The zero-order valence-electron chi connectivity index (χ0n) is 10.2. The Hall–Kier alpha value is -0.980. The molecule has 1 aromatic rings. The van der Waals surface area contributed by atoms with Crippen molar-refractivity contribution < 1.29 is 4.92 Å². The molecule has 0 spiro atoms. The van der Waals surface area contributed by atoms with Crippen LogP contribution in [0.2, 0.25) is 0 Å². The van der Waals surface area contributed by atoms with E-state index in [1.54, 1.807) is 12.1 Å². The Bertz CT molecular complexity index is 453. The Labute approximate surface area is 114 Å². The molecule has 1 fully saturated rings. The van der Waals surface area contributed by atoms with Crippen LogP contribution >= 0.6 is 15.9 Å². The summed E-state index contributed by atoms with van der Waals surface area (Å²) in [5.74, 6) is 0. The van der Waals surface area contributed by atoms with Crippen molar-refractivity contribution in [2.45, 2.75) is 19.0 Å². The van der Waals surface area contributed by atoms with Crippen LogP contribution in [0, 0.1) is 10.1 Å². The first-order valence-corrected chi connectivity index (χ1v) is 6.72. The smallest absolute Gasteiger partial charge is 0.270 e. The molecule has 2 rings (SSSR count). The molecule has 1 atom stereocenters. The Kier molecular flexibility index (Phi) is 4.31. The molecular formula is C12H16BrN3O2. The molecule has 1 aromatic carbocycles. The number of nitro benzene ring substituents is 1. The minimum absolute atomic E-state index is 0.125. The largest absolute Gasteiger partial charge is 0.316 e. The Morgan fingerprint density at radius 2 is 2.39 bits per heavy atom. The highest BCUT2D eigenvalue weighted by Crippen LogP contribution is 2.25. The second-order valence-corrected chi connectivity index (χ2v) is 5.40. The molecule has 1 N–H and O–H groups in total. The molecule has 0 bridgehead atoms. The number of nitro groups is 1. The number of rotatable bonds is 4. The summed E-state index contributed by atoms with van der Waals surface area (Å²) in [6.45, 7) is 2.92. The van der Waals surface area contributed by atoms with Gasteiger partial charge in [0.2, 0.25) is 0 Å². The van der Waals surface area contributed by atoms with Crippen LogP contribution in [-0.2, 0) is 6.54 Å². The molecule has 1 heterocycles. The minimum atomic E-state index is -0.374. The van der Waals surface area contributed by atoms with E-state index in [4.69, 9.17) is 0 Å². The molecule has 98 valence electrons. The number of likely N-dealkylation sites (tertiary alicyclic amines) is 1. The molecule has 0 radical (unpaired) electrons. The van der Waals surface area contributed by atoms with Gasteiger partial charge in [0.1, 0.15) is 0 Å². The van der Waals surface area contributed by atoms with E-state index in [0.29, 0.717) is 6.04 Å². The molecule has 1 aliphatic rings. The molecule has 0 aromatic heterocycles. The van der Waals surface area contributed by atoms with Crippen LogP contribution in [-0.4, -0.2) is 36.0 Å². The van der Waals surface area contributed by atoms with Gasteiger partial charge < -0.3 is 5.32 Å². The third-order valence-electron chi connectivity index (χ3n) is 3.32. The number of non-ortho nitro benzene ring substituents is 1. The lowest BCUT2D eigenvalue weighted by molar-refractivity contribution is -0.384. The van der Waals surface area contributed by atoms with E-state index >= 15 is 0 Å². The number of hydrogen-bond donors (Lipinski definition) is 1. The van der Waals surface area contributed by atoms with Crippen LogP contribution in [0.3, 0.4) is 0 Å². The van der Waals surface area contributed by atoms with Gasteiger partial charge in [0.15, 0.2) is 0 Å². The van der Waals surface area contributed by atoms with Gasteiger partial charge in [0, 0.05) is 42.3 Å². The highest BCUT2D eigenvalue weighted by atomic mass is 79.9. The highest BCUT2D eigenvalue weighted by Gasteiger charge is 2.21. The molecule has 1 aliphatic heterocycles. The first-order valence-electron chi connectivity index (χ1n) is 5.92. The van der Waals surface area contributed by atoms with Crippen molar-refractivity contribution in [3.8, 4) is 0 Å². The predicted octanol–water partition coefficient (Wildman–Crippen LogP) is 2.15. The van der Waals surface area contributed by atoms with Crippen molar-refractivity contribution in [2.75, 3.05) is 20.1 Å². The normalized spacial score (nSPS) is 20.2. The second-order valence-electron chi connectivity index (χ2n) is 4.54. The van der Waals surface area contributed by atoms with Crippen molar-refractivity contribution in [3.63, 3.8) is 0 Å². The van der Waals surface area contributed by atoms with Crippen LogP contribution in [0.15, 0.2) is 22.7 Å². The van der Waals surface area contributed by atoms with Gasteiger partial charge >= 0.3 is 0 Å². The summed E-state index contributed by atoms with van der Waals surface area (Å²) >= 11 is 3.41. The fourth-order valence-corrected chi connectivity index (χ4v) is 2.72. The maximum Gasteiger partial charge on any atom is 0.270 e. The average molecular weight is 314 g/mol. The fourth-order valence-electron chi connectivity index (χ4n) is 2.23. The zero-order valence-corrected chi connectivity index (χ0v) is 11.8. The van der Waals surface area contributed by atoms with Crippen LogP contribution in [0.1, 0.15) is 12.0 Å². The van der Waals surface area contributed by atoms with Gasteiger partial charge in [-0.2, -0.15) is 0 Å². The number of hydrogen-bond acceptors (Lipinski definition) is 4. The standard InChI is InChI=1S/C12H16BrN3O2/c1-14-10-4-5-15(8-10)7-9-2-3-11(16(17)18)6-12(9)13/h2-3,6,10,14H,4-5,7-8H2,1H3. The monoisotopic (exact) mass is 313 g/mol. The number of halogens is 1. The molecule has 0 saturated carbocycles. The summed E-state index contributed by atoms with van der Waals surface area (Å²) in [5.41, 5.74) is 1.22. The van der Waals surface area contributed by atoms with Crippen LogP contribution in [0.4, 0.5) is 5.69 Å². The first-order chi connectivity index (χ1) is 8.60. The van der Waals surface area contributed by atoms with E-state index in [-0.39, 0.29) is 10.6 Å². The lowest BCUT2D eigenvalue weighted by Gasteiger charge is -2.16. The van der Waals surface area contributed by atoms with E-state index in [9.17, 15) is 10.1 Å². The van der Waals surface area contributed by atoms with E-state index in [0.717, 1.165) is 36.1 Å². The van der Waals surface area contributed by atoms with E-state index in [1.165, 1.54) is 0 Å². The number of nitrogens with zero attached hydrogens (tertiary/aromatic N) is 2. The molecule has 6 heteroatoms. The van der Waals surface area contributed by atoms with E-state index < -0.39 is 0 Å². The Balaban J connectivity index is 2.04. The quantitative estimate of drug-likeness (QED) is 0.683. The highest BCUT2D eigenvalue weighted by molar-refractivity contribution is 9.10. The first kappa shape index (κ1) is 13.5. The lowest BCUT2D eigenvalue weighted by atomic mass is 10.2. The third kappa shape index (κ3) is 3.07. The second kappa shape index (κ2) is 5.77. The van der Waals surface area contributed by atoms with Crippen LogP contribution in [0.25, 0.3) is 0 Å². The summed E-state index contributed by atoms with van der Waals surface area (Å²) < 4.78 is 0.810. The number of nitrogens with one attached hydrogen (secondary N) is 1. The van der Waals surface area contributed by atoms with Crippen LogP contribution in [0.5, 0.6) is 0 Å². The average Bonchev–Trinajstić information content (AvgIpc) is 2.79. The van der Waals surface area contributed by atoms with Crippen molar-refractivity contribution in [1.29, 1.82) is 0 Å². The third-order valence-corrected chi connectivity index (χ3v) is 4.06. The van der Waals surface area contributed by atoms with Gasteiger partial charge in [-0.3, -0.25) is 15.0 Å². The van der Waals surface area contributed by atoms with Gasteiger partial charge in [0.25, 0.3) is 5.69 Å². The van der Waals surface area contributed by atoms with E-state index in [1.807, 2.05) is 13.1 Å². The maximum atomic E-state index is 10.7. The molecule has 1 unspecified atom stereocenters. The summed E-state index contributed by atoms with van der Waals surface area (Å²) in [6, 6.07) is 5.52. The lowest BCUT2D eigenvalue weighted by Crippen LogP contribution is -2.29. The Morgan fingerprint density at radius 1 is 1.61 bits per heavy atom. The zero-order chi connectivity index (χ0) is 13.1. The molecule has 5 nitrogen and oxygen atoms in total. The predicted molar refractivity (Wildman–Crippen MR) is 73.5 cm³/mol. The van der Waals surface area contributed by atoms with Crippen molar-refractivity contribution >= 4 is 21.6 Å². The SMILES string of the molecule is CNC1CCN(Cc2ccc([N+](=O)[O-])cc2Br)C1. The van der Waals surface area contributed by atoms with Gasteiger partial charge in [-0.1, -0.05) is 15.9 Å². The fraction of sp³-hybridized carbons (Fsp3) is 0.500. The Morgan fingerprint density at radius 3 is 2.94 bits per heavy atom. The van der Waals surface area contributed by atoms with Gasteiger partial charge in [-0.15, -0.1) is 0 Å². The molecule has 1 saturated heterocycles. The number of benzene rings is 1. The number of likely N-dealkylation sites (N-methyl/N-ethyl adjacent to an activating group) is 1. The molecule has 0 aliphatic carbocycles. The molecular weight excluding hydrogens is 298 g/mol. The van der Waals surface area contributed by atoms with Crippen molar-refractivity contribution in [2.24, 2.45) is 0 Å². The minimum Gasteiger partial charge on any atom is -0.316 e. The van der Waals surface area contributed by atoms with Gasteiger partial charge in [0.05, 0.1) is 4.92 Å². The van der Waals surface area contributed by atoms with Crippen molar-refractivity contribution in [3.05, 3.63) is 38.3 Å². The summed E-state index contributed by atoms with van der Waals surface area (Å²) in [5, 5.41) is 13.9. The summed E-state index contributed by atoms with van der Waals surface area (Å²) in [7, 11) is 1.98. The van der Waals surface area contributed by atoms with E-state index in [2.05, 4.69) is 26.1 Å². The van der Waals surface area contributed by atoms with Crippen LogP contribution < -0.4 is 5.32 Å².